The molecule has 0 radical (unpaired) electrons. The van der Waals surface area contributed by atoms with Crippen LogP contribution in [0.5, 0.6) is 0 Å². The Kier molecular flexibility index (Phi) is 8.82. The zero-order valence-electron chi connectivity index (χ0n) is 17.5. The van der Waals surface area contributed by atoms with Gasteiger partial charge >= 0.3 is 11.7 Å². The lowest BCUT2D eigenvalue weighted by Gasteiger charge is -2.19. The molecule has 168 valence electrons. The molecule has 0 aliphatic rings. The number of nitro groups is 1. The first kappa shape index (κ1) is 24.6. The van der Waals surface area contributed by atoms with Crippen molar-refractivity contribution in [3.63, 3.8) is 0 Å². The summed E-state index contributed by atoms with van der Waals surface area (Å²) in [6.07, 6.45) is 1.70. The lowest BCUT2D eigenvalue weighted by Crippen LogP contribution is -2.33. The average Bonchev–Trinajstić information content (AvgIpc) is 2.97. The summed E-state index contributed by atoms with van der Waals surface area (Å²) >= 11 is 12.2. The van der Waals surface area contributed by atoms with E-state index < -0.39 is 23.4 Å². The van der Waals surface area contributed by atoms with Crippen LogP contribution in [0.4, 0.5) is 5.69 Å². The molecule has 1 unspecified atom stereocenters. The van der Waals surface area contributed by atoms with Gasteiger partial charge in [-0.3, -0.25) is 24.4 Å². The molecule has 0 aliphatic carbocycles. The third kappa shape index (κ3) is 6.67. The van der Waals surface area contributed by atoms with Crippen LogP contribution >= 0.6 is 23.2 Å². The highest BCUT2D eigenvalue weighted by molar-refractivity contribution is 6.35. The molecule has 0 aliphatic heterocycles. The van der Waals surface area contributed by atoms with Gasteiger partial charge in [-0.05, 0) is 38.0 Å². The number of carbonyl (C=O) groups is 2. The molecule has 0 bridgehead atoms. The van der Waals surface area contributed by atoms with Gasteiger partial charge in [-0.2, -0.15) is 5.10 Å². The van der Waals surface area contributed by atoms with E-state index in [4.69, 9.17) is 27.9 Å². The average molecular weight is 471 g/mol. The summed E-state index contributed by atoms with van der Waals surface area (Å²) in [5, 5.41) is 18.8. The Labute approximate surface area is 189 Å². The van der Waals surface area contributed by atoms with E-state index >= 15 is 0 Å². The van der Waals surface area contributed by atoms with Crippen molar-refractivity contribution in [3.05, 3.63) is 55.3 Å². The molecule has 1 atom stereocenters. The Morgan fingerprint density at radius 2 is 2.03 bits per heavy atom. The van der Waals surface area contributed by atoms with Gasteiger partial charge in [0.25, 0.3) is 5.91 Å². The maximum absolute atomic E-state index is 12.1. The molecule has 11 heteroatoms. The number of aromatic nitrogens is 2. The fourth-order valence-electron chi connectivity index (χ4n) is 3.26. The molecule has 31 heavy (non-hydrogen) atoms. The number of hydrogen-bond acceptors (Lipinski definition) is 6. The summed E-state index contributed by atoms with van der Waals surface area (Å²) in [6.45, 7) is 4.55. The SMILES string of the molecule is CCCC(CNC(=O)COC(=O)Cn1nc(C)c([N+](=O)[O-])c1C)c1ccc(Cl)cc1Cl. The van der Waals surface area contributed by atoms with Crippen LogP contribution in [0, 0.1) is 24.0 Å². The standard InChI is InChI=1S/C20H24Cl2N4O5/c1-4-5-14(16-7-6-15(21)8-17(16)22)9-23-18(27)11-31-19(28)10-25-13(3)20(26(29)30)12(2)24-25/h6-8,14H,4-5,9-11H2,1-3H3,(H,23,27). The van der Waals surface area contributed by atoms with Crippen molar-refractivity contribution in [2.45, 2.75) is 46.1 Å². The van der Waals surface area contributed by atoms with Gasteiger partial charge in [-0.1, -0.05) is 42.6 Å². The molecular weight excluding hydrogens is 447 g/mol. The highest BCUT2D eigenvalue weighted by Crippen LogP contribution is 2.30. The van der Waals surface area contributed by atoms with E-state index in [9.17, 15) is 19.7 Å². The maximum Gasteiger partial charge on any atom is 0.328 e. The highest BCUT2D eigenvalue weighted by Gasteiger charge is 2.23. The summed E-state index contributed by atoms with van der Waals surface area (Å²) in [5.41, 5.74) is 1.19. The van der Waals surface area contributed by atoms with Crippen LogP contribution in [-0.4, -0.2) is 39.7 Å². The minimum Gasteiger partial charge on any atom is -0.454 e. The molecule has 2 aromatic rings. The number of nitrogens with zero attached hydrogens (tertiary/aromatic N) is 3. The Morgan fingerprint density at radius 3 is 2.61 bits per heavy atom. The second-order valence-electron chi connectivity index (χ2n) is 7.05. The first-order chi connectivity index (χ1) is 14.6. The number of benzene rings is 1. The summed E-state index contributed by atoms with van der Waals surface area (Å²) < 4.78 is 6.17. The molecule has 1 aromatic heterocycles. The number of amides is 1. The van der Waals surface area contributed by atoms with Gasteiger partial charge in [-0.25, -0.2) is 0 Å². The molecular formula is C20H24Cl2N4O5. The first-order valence-corrected chi connectivity index (χ1v) is 10.4. The van der Waals surface area contributed by atoms with Gasteiger partial charge in [-0.15, -0.1) is 0 Å². The topological polar surface area (TPSA) is 116 Å². The van der Waals surface area contributed by atoms with Crippen LogP contribution in [0.1, 0.15) is 42.6 Å². The van der Waals surface area contributed by atoms with Crippen LogP contribution in [0.2, 0.25) is 10.0 Å². The van der Waals surface area contributed by atoms with Crippen molar-refractivity contribution in [3.8, 4) is 0 Å². The van der Waals surface area contributed by atoms with Crippen LogP contribution in [0.3, 0.4) is 0 Å². The number of halogens is 2. The summed E-state index contributed by atoms with van der Waals surface area (Å²) in [6, 6.07) is 5.25. The second kappa shape index (κ2) is 11.1. The van der Waals surface area contributed by atoms with Gasteiger partial charge in [0.2, 0.25) is 0 Å². The van der Waals surface area contributed by atoms with Crippen LogP contribution in [0.15, 0.2) is 18.2 Å². The smallest absolute Gasteiger partial charge is 0.328 e. The highest BCUT2D eigenvalue weighted by atomic mass is 35.5. The van der Waals surface area contributed by atoms with Gasteiger partial charge < -0.3 is 10.1 Å². The monoisotopic (exact) mass is 470 g/mol. The van der Waals surface area contributed by atoms with Crippen LogP contribution < -0.4 is 5.32 Å². The molecule has 1 N–H and O–H groups in total. The van der Waals surface area contributed by atoms with Crippen molar-refractivity contribution in [1.29, 1.82) is 0 Å². The molecule has 0 fully saturated rings. The quantitative estimate of drug-likeness (QED) is 0.319. The molecule has 1 heterocycles. The van der Waals surface area contributed by atoms with E-state index in [1.165, 1.54) is 18.5 Å². The van der Waals surface area contributed by atoms with Crippen LogP contribution in [0.25, 0.3) is 0 Å². The van der Waals surface area contributed by atoms with Crippen molar-refractivity contribution < 1.29 is 19.2 Å². The first-order valence-electron chi connectivity index (χ1n) is 9.69. The molecule has 0 saturated carbocycles. The van der Waals surface area contributed by atoms with Gasteiger partial charge in [0.15, 0.2) is 6.61 Å². The summed E-state index contributed by atoms with van der Waals surface area (Å²) in [5.74, 6) is -1.19. The van der Waals surface area contributed by atoms with Gasteiger partial charge in [0.05, 0.1) is 4.92 Å². The van der Waals surface area contributed by atoms with E-state index in [1.807, 2.05) is 13.0 Å². The van der Waals surface area contributed by atoms with E-state index in [1.54, 1.807) is 12.1 Å². The Balaban J connectivity index is 1.88. The minimum absolute atomic E-state index is 0.00957. The molecule has 0 saturated heterocycles. The number of aryl methyl sites for hydroxylation is 1. The maximum atomic E-state index is 12.1. The molecule has 1 amide bonds. The minimum atomic E-state index is -0.721. The van der Waals surface area contributed by atoms with Gasteiger partial charge in [0.1, 0.15) is 17.9 Å². The van der Waals surface area contributed by atoms with E-state index in [0.717, 1.165) is 18.4 Å². The summed E-state index contributed by atoms with van der Waals surface area (Å²) in [7, 11) is 0. The zero-order valence-corrected chi connectivity index (χ0v) is 19.0. The number of hydrogen-bond donors (Lipinski definition) is 1. The van der Waals surface area contributed by atoms with E-state index in [0.29, 0.717) is 16.6 Å². The van der Waals surface area contributed by atoms with Gasteiger partial charge in [0, 0.05) is 22.5 Å². The number of esters is 1. The molecule has 2 rings (SSSR count). The fraction of sp³-hybridized carbons (Fsp3) is 0.450. The van der Waals surface area contributed by atoms with Crippen molar-refractivity contribution >= 4 is 40.8 Å². The molecule has 1 aromatic carbocycles. The predicted molar refractivity (Wildman–Crippen MR) is 116 cm³/mol. The zero-order chi connectivity index (χ0) is 23.1. The van der Waals surface area contributed by atoms with E-state index in [-0.39, 0.29) is 29.5 Å². The number of rotatable bonds is 10. The third-order valence-corrected chi connectivity index (χ3v) is 5.32. The number of ether oxygens (including phenoxy) is 1. The second-order valence-corrected chi connectivity index (χ2v) is 7.89. The van der Waals surface area contributed by atoms with Crippen molar-refractivity contribution in [2.24, 2.45) is 0 Å². The predicted octanol–water partition coefficient (Wildman–Crippen LogP) is 3.96. The summed E-state index contributed by atoms with van der Waals surface area (Å²) in [4.78, 5) is 34.7. The Bertz CT molecular complexity index is 977. The Morgan fingerprint density at radius 1 is 1.32 bits per heavy atom. The Hall–Kier alpha value is -2.65. The molecule has 9 nitrogen and oxygen atoms in total. The van der Waals surface area contributed by atoms with Crippen LogP contribution in [-0.2, 0) is 20.9 Å². The fourth-order valence-corrected chi connectivity index (χ4v) is 3.82. The van der Waals surface area contributed by atoms with E-state index in [2.05, 4.69) is 10.4 Å². The van der Waals surface area contributed by atoms with Crippen molar-refractivity contribution in [2.75, 3.05) is 13.2 Å². The van der Waals surface area contributed by atoms with Crippen molar-refractivity contribution in [1.82, 2.24) is 15.1 Å². The molecule has 0 spiro atoms. The number of nitrogens with one attached hydrogen (secondary N) is 1. The normalized spacial score (nSPS) is 11.8. The lowest BCUT2D eigenvalue weighted by atomic mass is 9.94. The number of carbonyl (C=O) groups excluding carboxylic acids is 2. The largest absolute Gasteiger partial charge is 0.454 e. The lowest BCUT2D eigenvalue weighted by molar-refractivity contribution is -0.386. The third-order valence-electron chi connectivity index (χ3n) is 4.75.